The van der Waals surface area contributed by atoms with Crippen LogP contribution in [-0.4, -0.2) is 30.6 Å². The third kappa shape index (κ3) is 2.38. The molecule has 1 aliphatic heterocycles. The monoisotopic (exact) mass is 199 g/mol. The highest BCUT2D eigenvalue weighted by molar-refractivity contribution is 5.72. The summed E-state index contributed by atoms with van der Waals surface area (Å²) in [6, 6.07) is -0.303. The molecule has 4 N–H and O–H groups in total. The Hall–Kier alpha value is -0.770. The van der Waals surface area contributed by atoms with Crippen molar-refractivity contribution >= 4 is 6.03 Å². The molecule has 2 amide bonds. The summed E-state index contributed by atoms with van der Waals surface area (Å²) in [5, 5.41) is 0. The number of carbonyl (C=O) groups is 1. The second-order valence-corrected chi connectivity index (χ2v) is 4.82. The minimum absolute atomic E-state index is 0.105. The standard InChI is InChI=1S/C10H21N3O/c1-10(2,7-11)8-4-3-5-13(6-8)9(12)14/h8H,3-7,11H2,1-2H3,(H2,12,14). The van der Waals surface area contributed by atoms with Crippen molar-refractivity contribution in [3.63, 3.8) is 0 Å². The topological polar surface area (TPSA) is 72.3 Å². The highest BCUT2D eigenvalue weighted by Gasteiger charge is 2.32. The molecule has 1 heterocycles. The van der Waals surface area contributed by atoms with E-state index in [1.807, 2.05) is 0 Å². The maximum Gasteiger partial charge on any atom is 0.314 e. The minimum Gasteiger partial charge on any atom is -0.351 e. The first kappa shape index (κ1) is 11.3. The third-order valence-corrected chi connectivity index (χ3v) is 3.36. The molecule has 0 spiro atoms. The fraction of sp³-hybridized carbons (Fsp3) is 0.900. The summed E-state index contributed by atoms with van der Waals surface area (Å²) in [4.78, 5) is 12.8. The van der Waals surface area contributed by atoms with E-state index in [0.29, 0.717) is 12.5 Å². The SMILES string of the molecule is CC(C)(CN)C1CCCN(C(N)=O)C1. The molecule has 1 saturated heterocycles. The fourth-order valence-electron chi connectivity index (χ4n) is 1.98. The fourth-order valence-corrected chi connectivity index (χ4v) is 1.98. The van der Waals surface area contributed by atoms with Crippen LogP contribution in [0.2, 0.25) is 0 Å². The summed E-state index contributed by atoms with van der Waals surface area (Å²) in [7, 11) is 0. The van der Waals surface area contributed by atoms with Gasteiger partial charge in [-0.2, -0.15) is 0 Å². The highest BCUT2D eigenvalue weighted by Crippen LogP contribution is 2.32. The van der Waals surface area contributed by atoms with Gasteiger partial charge in [0, 0.05) is 13.1 Å². The van der Waals surface area contributed by atoms with Gasteiger partial charge in [0.05, 0.1) is 0 Å². The van der Waals surface area contributed by atoms with Crippen LogP contribution < -0.4 is 11.5 Å². The Kier molecular flexibility index (Phi) is 3.37. The van der Waals surface area contributed by atoms with Crippen LogP contribution in [0, 0.1) is 11.3 Å². The number of hydrogen-bond acceptors (Lipinski definition) is 2. The van der Waals surface area contributed by atoms with Gasteiger partial charge < -0.3 is 16.4 Å². The molecule has 1 rings (SSSR count). The number of likely N-dealkylation sites (tertiary alicyclic amines) is 1. The molecule has 14 heavy (non-hydrogen) atoms. The molecule has 1 unspecified atom stereocenters. The molecule has 1 fully saturated rings. The number of nitrogens with two attached hydrogens (primary N) is 2. The summed E-state index contributed by atoms with van der Waals surface area (Å²) in [5.74, 6) is 0.480. The Bertz CT molecular complexity index is 215. The number of rotatable bonds is 2. The average molecular weight is 199 g/mol. The van der Waals surface area contributed by atoms with Crippen molar-refractivity contribution in [2.45, 2.75) is 26.7 Å². The number of amides is 2. The minimum atomic E-state index is -0.303. The van der Waals surface area contributed by atoms with Crippen molar-refractivity contribution in [1.82, 2.24) is 4.90 Å². The normalized spacial score (nSPS) is 23.6. The van der Waals surface area contributed by atoms with Crippen LogP contribution in [0.4, 0.5) is 4.79 Å². The van der Waals surface area contributed by atoms with Crippen molar-refractivity contribution in [3.8, 4) is 0 Å². The molecule has 4 heteroatoms. The Balaban J connectivity index is 2.60. The van der Waals surface area contributed by atoms with E-state index in [1.54, 1.807) is 4.90 Å². The van der Waals surface area contributed by atoms with Crippen molar-refractivity contribution in [1.29, 1.82) is 0 Å². The maximum absolute atomic E-state index is 11.0. The first-order valence-electron chi connectivity index (χ1n) is 5.22. The number of piperidine rings is 1. The molecule has 0 aromatic heterocycles. The van der Waals surface area contributed by atoms with Gasteiger partial charge >= 0.3 is 6.03 Å². The van der Waals surface area contributed by atoms with E-state index in [-0.39, 0.29) is 11.4 Å². The summed E-state index contributed by atoms with van der Waals surface area (Å²) in [6.07, 6.45) is 2.19. The van der Waals surface area contributed by atoms with E-state index < -0.39 is 0 Å². The van der Waals surface area contributed by atoms with Crippen LogP contribution in [-0.2, 0) is 0 Å². The van der Waals surface area contributed by atoms with Crippen LogP contribution in [0.15, 0.2) is 0 Å². The van der Waals surface area contributed by atoms with Crippen LogP contribution >= 0.6 is 0 Å². The number of primary amides is 1. The number of hydrogen-bond donors (Lipinski definition) is 2. The second kappa shape index (κ2) is 4.17. The van der Waals surface area contributed by atoms with Crippen molar-refractivity contribution < 1.29 is 4.79 Å². The van der Waals surface area contributed by atoms with E-state index in [1.165, 1.54) is 0 Å². The Labute approximate surface area is 85.6 Å². The van der Waals surface area contributed by atoms with Crippen LogP contribution in [0.1, 0.15) is 26.7 Å². The van der Waals surface area contributed by atoms with E-state index in [2.05, 4.69) is 13.8 Å². The van der Waals surface area contributed by atoms with Crippen LogP contribution in [0.5, 0.6) is 0 Å². The van der Waals surface area contributed by atoms with Gasteiger partial charge in [0.2, 0.25) is 0 Å². The lowest BCUT2D eigenvalue weighted by Crippen LogP contribution is -2.48. The zero-order chi connectivity index (χ0) is 10.8. The lowest BCUT2D eigenvalue weighted by Gasteiger charge is -2.40. The number of nitrogens with zero attached hydrogens (tertiary/aromatic N) is 1. The van der Waals surface area contributed by atoms with E-state index in [9.17, 15) is 4.79 Å². The van der Waals surface area contributed by atoms with Gasteiger partial charge in [0.15, 0.2) is 0 Å². The lowest BCUT2D eigenvalue weighted by atomic mass is 9.75. The van der Waals surface area contributed by atoms with Crippen LogP contribution in [0.3, 0.4) is 0 Å². The van der Waals surface area contributed by atoms with Gasteiger partial charge in [-0.1, -0.05) is 13.8 Å². The van der Waals surface area contributed by atoms with Gasteiger partial charge in [-0.3, -0.25) is 0 Å². The Morgan fingerprint density at radius 2 is 2.21 bits per heavy atom. The van der Waals surface area contributed by atoms with Gasteiger partial charge in [0.25, 0.3) is 0 Å². The molecule has 0 bridgehead atoms. The Morgan fingerprint density at radius 3 is 2.71 bits per heavy atom. The summed E-state index contributed by atoms with van der Waals surface area (Å²) in [6.45, 7) is 6.53. The first-order valence-corrected chi connectivity index (χ1v) is 5.22. The average Bonchev–Trinajstić information content (AvgIpc) is 2.18. The van der Waals surface area contributed by atoms with Crippen molar-refractivity contribution in [2.24, 2.45) is 22.8 Å². The molecule has 0 radical (unpaired) electrons. The molecular formula is C10H21N3O. The van der Waals surface area contributed by atoms with E-state index >= 15 is 0 Å². The molecular weight excluding hydrogens is 178 g/mol. The number of carbonyl (C=O) groups excluding carboxylic acids is 1. The van der Waals surface area contributed by atoms with Crippen molar-refractivity contribution in [3.05, 3.63) is 0 Å². The smallest absolute Gasteiger partial charge is 0.314 e. The maximum atomic E-state index is 11.0. The number of urea groups is 1. The predicted octanol–water partition coefficient (Wildman–Crippen LogP) is 0.762. The summed E-state index contributed by atoms with van der Waals surface area (Å²) < 4.78 is 0. The van der Waals surface area contributed by atoms with Crippen molar-refractivity contribution in [2.75, 3.05) is 19.6 Å². The first-order chi connectivity index (χ1) is 6.47. The molecule has 0 aromatic carbocycles. The van der Waals surface area contributed by atoms with Gasteiger partial charge in [-0.25, -0.2) is 4.79 Å². The molecule has 0 aromatic rings. The third-order valence-electron chi connectivity index (χ3n) is 3.36. The molecule has 1 aliphatic rings. The van der Waals surface area contributed by atoms with E-state index in [4.69, 9.17) is 11.5 Å². The summed E-state index contributed by atoms with van der Waals surface area (Å²) in [5.41, 5.74) is 11.1. The molecule has 4 nitrogen and oxygen atoms in total. The highest BCUT2D eigenvalue weighted by atomic mass is 16.2. The molecule has 0 aliphatic carbocycles. The summed E-state index contributed by atoms with van der Waals surface area (Å²) >= 11 is 0. The molecule has 0 saturated carbocycles. The van der Waals surface area contributed by atoms with Gasteiger partial charge in [-0.05, 0) is 30.7 Å². The molecule has 1 atom stereocenters. The predicted molar refractivity (Wildman–Crippen MR) is 56.7 cm³/mol. The van der Waals surface area contributed by atoms with Crippen LogP contribution in [0.25, 0.3) is 0 Å². The lowest BCUT2D eigenvalue weighted by molar-refractivity contribution is 0.110. The van der Waals surface area contributed by atoms with Gasteiger partial charge in [0.1, 0.15) is 0 Å². The van der Waals surface area contributed by atoms with E-state index in [0.717, 1.165) is 25.9 Å². The Morgan fingerprint density at radius 1 is 1.57 bits per heavy atom. The zero-order valence-corrected chi connectivity index (χ0v) is 9.12. The second-order valence-electron chi connectivity index (χ2n) is 4.82. The zero-order valence-electron chi connectivity index (χ0n) is 9.12. The largest absolute Gasteiger partial charge is 0.351 e. The quantitative estimate of drug-likeness (QED) is 0.689. The van der Waals surface area contributed by atoms with Gasteiger partial charge in [-0.15, -0.1) is 0 Å². The molecule has 82 valence electrons.